The second-order valence-corrected chi connectivity index (χ2v) is 4.90. The molecule has 2 aromatic rings. The second kappa shape index (κ2) is 5.57. The molecule has 0 saturated heterocycles. The van der Waals surface area contributed by atoms with E-state index in [1.54, 1.807) is 6.92 Å². The molecule has 1 heterocycles. The molecular weight excluding hydrogens is 328 g/mol. The molecule has 0 unspecified atom stereocenters. The SMILES string of the molecule is Cc1nc(Cl)nc(Nc2ccc(C(F)(F)F)cc2Cl)c1N. The summed E-state index contributed by atoms with van der Waals surface area (Å²) >= 11 is 11.6. The Balaban J connectivity index is 2.37. The van der Waals surface area contributed by atoms with E-state index in [4.69, 9.17) is 28.9 Å². The number of halogens is 5. The van der Waals surface area contributed by atoms with Crippen LogP contribution in [0, 0.1) is 6.92 Å². The molecule has 0 bridgehead atoms. The summed E-state index contributed by atoms with van der Waals surface area (Å²) in [6.45, 7) is 1.63. The number of nitrogen functional groups attached to an aromatic ring is 1. The van der Waals surface area contributed by atoms with Crippen molar-refractivity contribution in [2.24, 2.45) is 0 Å². The predicted octanol–water partition coefficient (Wildman–Crippen LogP) is 4.44. The summed E-state index contributed by atoms with van der Waals surface area (Å²) in [7, 11) is 0. The Morgan fingerprint density at radius 3 is 2.43 bits per heavy atom. The van der Waals surface area contributed by atoms with Crippen LogP contribution in [0.3, 0.4) is 0 Å². The van der Waals surface area contributed by atoms with Gasteiger partial charge in [0.15, 0.2) is 5.82 Å². The minimum atomic E-state index is -4.46. The zero-order valence-electron chi connectivity index (χ0n) is 10.6. The van der Waals surface area contributed by atoms with Gasteiger partial charge in [0.2, 0.25) is 5.28 Å². The van der Waals surface area contributed by atoms with Crippen molar-refractivity contribution in [2.75, 3.05) is 11.1 Å². The summed E-state index contributed by atoms with van der Waals surface area (Å²) in [5.41, 5.74) is 5.84. The minimum absolute atomic E-state index is 0.0350. The van der Waals surface area contributed by atoms with E-state index in [-0.39, 0.29) is 27.5 Å². The Kier molecular flexibility index (Phi) is 4.15. The molecule has 0 radical (unpaired) electrons. The molecule has 9 heteroatoms. The average molecular weight is 337 g/mol. The van der Waals surface area contributed by atoms with Crippen LogP contribution in [-0.4, -0.2) is 9.97 Å². The lowest BCUT2D eigenvalue weighted by Crippen LogP contribution is -2.06. The largest absolute Gasteiger partial charge is 0.416 e. The lowest BCUT2D eigenvalue weighted by Gasteiger charge is -2.13. The fraction of sp³-hybridized carbons (Fsp3) is 0.167. The van der Waals surface area contributed by atoms with E-state index >= 15 is 0 Å². The van der Waals surface area contributed by atoms with Crippen LogP contribution >= 0.6 is 23.2 Å². The summed E-state index contributed by atoms with van der Waals surface area (Å²) in [5, 5.41) is 2.59. The number of anilines is 3. The molecule has 1 aromatic heterocycles. The van der Waals surface area contributed by atoms with E-state index in [9.17, 15) is 13.2 Å². The first-order valence-corrected chi connectivity index (χ1v) is 6.37. The van der Waals surface area contributed by atoms with Crippen LogP contribution in [0.4, 0.5) is 30.4 Å². The van der Waals surface area contributed by atoms with Gasteiger partial charge in [0, 0.05) is 0 Å². The Labute approximate surface area is 128 Å². The Morgan fingerprint density at radius 2 is 1.86 bits per heavy atom. The molecule has 0 aliphatic rings. The molecule has 0 amide bonds. The highest BCUT2D eigenvalue weighted by atomic mass is 35.5. The molecule has 3 N–H and O–H groups in total. The maximum atomic E-state index is 12.6. The van der Waals surface area contributed by atoms with Gasteiger partial charge in [-0.05, 0) is 36.7 Å². The summed E-state index contributed by atoms with van der Waals surface area (Å²) in [6.07, 6.45) is -4.46. The maximum Gasteiger partial charge on any atom is 0.416 e. The fourth-order valence-corrected chi connectivity index (χ4v) is 2.00. The summed E-state index contributed by atoms with van der Waals surface area (Å²) < 4.78 is 37.7. The third kappa shape index (κ3) is 3.48. The number of hydrogen-bond donors (Lipinski definition) is 2. The van der Waals surface area contributed by atoms with E-state index in [1.807, 2.05) is 0 Å². The molecule has 4 nitrogen and oxygen atoms in total. The summed E-state index contributed by atoms with van der Waals surface area (Å²) in [4.78, 5) is 7.73. The number of nitrogens with two attached hydrogens (primary N) is 1. The van der Waals surface area contributed by atoms with Crippen LogP contribution in [0.5, 0.6) is 0 Å². The Bertz CT molecular complexity index is 689. The number of rotatable bonds is 2. The first kappa shape index (κ1) is 15.7. The van der Waals surface area contributed by atoms with Gasteiger partial charge in [0.05, 0.1) is 27.7 Å². The zero-order chi connectivity index (χ0) is 15.8. The Hall–Kier alpha value is -1.73. The third-order valence-corrected chi connectivity index (χ3v) is 3.14. The third-order valence-electron chi connectivity index (χ3n) is 2.66. The normalized spacial score (nSPS) is 11.5. The Morgan fingerprint density at radius 1 is 1.19 bits per heavy atom. The van der Waals surface area contributed by atoms with Gasteiger partial charge in [0.1, 0.15) is 0 Å². The average Bonchev–Trinajstić information content (AvgIpc) is 2.36. The van der Waals surface area contributed by atoms with Gasteiger partial charge in [-0.3, -0.25) is 0 Å². The van der Waals surface area contributed by atoms with Crippen LogP contribution in [0.25, 0.3) is 0 Å². The van der Waals surface area contributed by atoms with Crippen LogP contribution in [0.2, 0.25) is 10.3 Å². The number of alkyl halides is 3. The lowest BCUT2D eigenvalue weighted by molar-refractivity contribution is -0.137. The van der Waals surface area contributed by atoms with Gasteiger partial charge in [0.25, 0.3) is 0 Å². The summed E-state index contributed by atoms with van der Waals surface area (Å²) in [5.74, 6) is 0.175. The lowest BCUT2D eigenvalue weighted by atomic mass is 10.2. The number of benzene rings is 1. The van der Waals surface area contributed by atoms with Gasteiger partial charge in [-0.1, -0.05) is 11.6 Å². The topological polar surface area (TPSA) is 63.8 Å². The molecule has 21 heavy (non-hydrogen) atoms. The molecular formula is C12H9Cl2F3N4. The van der Waals surface area contributed by atoms with Gasteiger partial charge in [-0.15, -0.1) is 0 Å². The summed E-state index contributed by atoms with van der Waals surface area (Å²) in [6, 6.07) is 2.91. The van der Waals surface area contributed by atoms with Crippen LogP contribution in [0.1, 0.15) is 11.3 Å². The highest BCUT2D eigenvalue weighted by molar-refractivity contribution is 6.33. The molecule has 112 valence electrons. The van der Waals surface area contributed by atoms with E-state index in [2.05, 4.69) is 15.3 Å². The first-order chi connectivity index (χ1) is 9.68. The van der Waals surface area contributed by atoms with Crippen LogP contribution in [-0.2, 0) is 6.18 Å². The first-order valence-electron chi connectivity index (χ1n) is 5.62. The highest BCUT2D eigenvalue weighted by Crippen LogP contribution is 2.35. The number of aromatic nitrogens is 2. The van der Waals surface area contributed by atoms with Crippen molar-refractivity contribution in [1.82, 2.24) is 9.97 Å². The molecule has 0 saturated carbocycles. The monoisotopic (exact) mass is 336 g/mol. The molecule has 2 rings (SSSR count). The minimum Gasteiger partial charge on any atom is -0.394 e. The number of aryl methyl sites for hydroxylation is 1. The van der Waals surface area contributed by atoms with Crippen molar-refractivity contribution < 1.29 is 13.2 Å². The number of nitrogens with zero attached hydrogens (tertiary/aromatic N) is 2. The van der Waals surface area contributed by atoms with Gasteiger partial charge in [-0.25, -0.2) is 4.98 Å². The number of nitrogens with one attached hydrogen (secondary N) is 1. The van der Waals surface area contributed by atoms with Crippen LogP contribution in [0.15, 0.2) is 18.2 Å². The standard InChI is InChI=1S/C12H9Cl2F3N4/c1-5-9(18)10(21-11(14)19-5)20-8-3-2-6(4-7(8)13)12(15,16)17/h2-4H,18H2,1H3,(H,19,20,21). The van der Waals surface area contributed by atoms with E-state index < -0.39 is 11.7 Å². The van der Waals surface area contributed by atoms with E-state index in [0.717, 1.165) is 12.1 Å². The predicted molar refractivity (Wildman–Crippen MR) is 75.9 cm³/mol. The van der Waals surface area contributed by atoms with Crippen molar-refractivity contribution in [3.63, 3.8) is 0 Å². The van der Waals surface area contributed by atoms with Crippen molar-refractivity contribution in [2.45, 2.75) is 13.1 Å². The molecule has 0 spiro atoms. The van der Waals surface area contributed by atoms with Crippen molar-refractivity contribution >= 4 is 40.4 Å². The highest BCUT2D eigenvalue weighted by Gasteiger charge is 2.30. The number of hydrogen-bond acceptors (Lipinski definition) is 4. The maximum absolute atomic E-state index is 12.6. The smallest absolute Gasteiger partial charge is 0.394 e. The molecule has 0 atom stereocenters. The van der Waals surface area contributed by atoms with Gasteiger partial charge in [-0.2, -0.15) is 18.2 Å². The quantitative estimate of drug-likeness (QED) is 0.796. The molecule has 0 fully saturated rings. The zero-order valence-corrected chi connectivity index (χ0v) is 12.1. The fourth-order valence-electron chi connectivity index (χ4n) is 1.56. The van der Waals surface area contributed by atoms with Gasteiger partial charge >= 0.3 is 6.18 Å². The molecule has 0 aliphatic carbocycles. The second-order valence-electron chi connectivity index (χ2n) is 4.16. The molecule has 1 aromatic carbocycles. The van der Waals surface area contributed by atoms with E-state index in [0.29, 0.717) is 5.69 Å². The van der Waals surface area contributed by atoms with Crippen molar-refractivity contribution in [3.8, 4) is 0 Å². The van der Waals surface area contributed by atoms with Crippen molar-refractivity contribution in [1.29, 1.82) is 0 Å². The van der Waals surface area contributed by atoms with Crippen molar-refractivity contribution in [3.05, 3.63) is 39.8 Å². The molecule has 0 aliphatic heterocycles. The van der Waals surface area contributed by atoms with Crippen LogP contribution < -0.4 is 11.1 Å². The van der Waals surface area contributed by atoms with Gasteiger partial charge < -0.3 is 11.1 Å². The van der Waals surface area contributed by atoms with E-state index in [1.165, 1.54) is 6.07 Å².